The van der Waals surface area contributed by atoms with Gasteiger partial charge in [0.1, 0.15) is 17.7 Å². The van der Waals surface area contributed by atoms with Crippen molar-refractivity contribution in [3.63, 3.8) is 0 Å². The number of hydrogen-bond donors (Lipinski definition) is 2. The first kappa shape index (κ1) is 22.2. The first-order valence-corrected chi connectivity index (χ1v) is 9.20. The molecule has 0 saturated carbocycles. The third-order valence-electron chi connectivity index (χ3n) is 3.54. The molecule has 26 heavy (non-hydrogen) atoms. The Kier molecular flexibility index (Phi) is 12.2. The molecule has 1 atom stereocenters. The highest BCUT2D eigenvalue weighted by atomic mass is 19.1. The van der Waals surface area contributed by atoms with Gasteiger partial charge < -0.3 is 24.8 Å². The SMILES string of the molecule is CCNC(=NCC(CC)Oc1cccc(F)c1)NCCCOCCOC. The number of nitrogens with zero attached hydrogens (tertiary/aromatic N) is 1. The first-order valence-electron chi connectivity index (χ1n) is 9.20. The number of benzene rings is 1. The van der Waals surface area contributed by atoms with Gasteiger partial charge in [-0.05, 0) is 31.9 Å². The van der Waals surface area contributed by atoms with Crippen molar-refractivity contribution in [2.45, 2.75) is 32.8 Å². The Hall–Kier alpha value is -1.86. The number of aliphatic imine (C=N–C) groups is 1. The topological polar surface area (TPSA) is 64.1 Å². The monoisotopic (exact) mass is 369 g/mol. The molecule has 1 unspecified atom stereocenters. The summed E-state index contributed by atoms with van der Waals surface area (Å²) in [6, 6.07) is 6.18. The van der Waals surface area contributed by atoms with Crippen molar-refractivity contribution in [3.8, 4) is 5.75 Å². The van der Waals surface area contributed by atoms with E-state index >= 15 is 0 Å². The van der Waals surface area contributed by atoms with Gasteiger partial charge in [-0.25, -0.2) is 9.38 Å². The maximum atomic E-state index is 13.3. The summed E-state index contributed by atoms with van der Waals surface area (Å²) >= 11 is 0. The fourth-order valence-electron chi connectivity index (χ4n) is 2.14. The van der Waals surface area contributed by atoms with Crippen LogP contribution in [0.5, 0.6) is 5.75 Å². The lowest BCUT2D eigenvalue weighted by Gasteiger charge is -2.17. The minimum absolute atomic E-state index is 0.107. The molecule has 0 aliphatic carbocycles. The van der Waals surface area contributed by atoms with Crippen LogP contribution < -0.4 is 15.4 Å². The van der Waals surface area contributed by atoms with Crippen molar-refractivity contribution < 1.29 is 18.6 Å². The number of methoxy groups -OCH3 is 1. The summed E-state index contributed by atoms with van der Waals surface area (Å²) in [6.45, 7) is 7.98. The minimum Gasteiger partial charge on any atom is -0.488 e. The number of nitrogens with one attached hydrogen (secondary N) is 2. The van der Waals surface area contributed by atoms with Crippen LogP contribution in [0.2, 0.25) is 0 Å². The van der Waals surface area contributed by atoms with E-state index in [1.54, 1.807) is 19.2 Å². The summed E-state index contributed by atoms with van der Waals surface area (Å²) in [5.74, 6) is 0.965. The van der Waals surface area contributed by atoms with Crippen LogP contribution in [0.3, 0.4) is 0 Å². The maximum Gasteiger partial charge on any atom is 0.191 e. The highest BCUT2D eigenvalue weighted by Crippen LogP contribution is 2.15. The predicted octanol–water partition coefficient (Wildman–Crippen LogP) is 2.59. The fourth-order valence-corrected chi connectivity index (χ4v) is 2.14. The second-order valence-electron chi connectivity index (χ2n) is 5.71. The average Bonchev–Trinajstić information content (AvgIpc) is 2.64. The zero-order valence-corrected chi connectivity index (χ0v) is 16.1. The van der Waals surface area contributed by atoms with Gasteiger partial charge in [0.15, 0.2) is 5.96 Å². The lowest BCUT2D eigenvalue weighted by Crippen LogP contribution is -2.39. The summed E-state index contributed by atoms with van der Waals surface area (Å²) < 4.78 is 29.4. The van der Waals surface area contributed by atoms with E-state index in [1.807, 2.05) is 13.8 Å². The molecular weight excluding hydrogens is 337 g/mol. The molecule has 2 N–H and O–H groups in total. The van der Waals surface area contributed by atoms with Gasteiger partial charge in [0.2, 0.25) is 0 Å². The quantitative estimate of drug-likeness (QED) is 0.318. The standard InChI is InChI=1S/C19H32FN3O3/c1-4-17(26-18-9-6-8-16(20)14-18)15-23-19(21-5-2)22-10-7-11-25-13-12-24-3/h6,8-9,14,17H,4-5,7,10-13,15H2,1-3H3,(H2,21,22,23). The second kappa shape index (κ2) is 14.3. The molecule has 0 amide bonds. The Morgan fingerprint density at radius 2 is 2.04 bits per heavy atom. The third kappa shape index (κ3) is 10.2. The van der Waals surface area contributed by atoms with E-state index in [2.05, 4.69) is 15.6 Å². The van der Waals surface area contributed by atoms with Crippen LogP contribution in [0.1, 0.15) is 26.7 Å². The Balaban J connectivity index is 2.39. The molecule has 0 aliphatic heterocycles. The van der Waals surface area contributed by atoms with Crippen molar-refractivity contribution in [2.75, 3.05) is 46.6 Å². The molecule has 7 heteroatoms. The number of guanidine groups is 1. The van der Waals surface area contributed by atoms with E-state index < -0.39 is 0 Å². The molecule has 0 bridgehead atoms. The van der Waals surface area contributed by atoms with Crippen molar-refractivity contribution in [2.24, 2.45) is 4.99 Å². The minimum atomic E-state index is -0.302. The largest absolute Gasteiger partial charge is 0.488 e. The van der Waals surface area contributed by atoms with Gasteiger partial charge in [0.25, 0.3) is 0 Å². The number of hydrogen-bond acceptors (Lipinski definition) is 4. The van der Waals surface area contributed by atoms with Gasteiger partial charge in [0, 0.05) is 32.9 Å². The molecule has 1 rings (SSSR count). The third-order valence-corrected chi connectivity index (χ3v) is 3.54. The van der Waals surface area contributed by atoms with Crippen LogP contribution in [-0.4, -0.2) is 58.6 Å². The fraction of sp³-hybridized carbons (Fsp3) is 0.632. The van der Waals surface area contributed by atoms with Crippen LogP contribution >= 0.6 is 0 Å². The van der Waals surface area contributed by atoms with Gasteiger partial charge in [-0.3, -0.25) is 0 Å². The smallest absolute Gasteiger partial charge is 0.191 e. The number of ether oxygens (including phenoxy) is 3. The summed E-state index contributed by atoms with van der Waals surface area (Å²) in [6.07, 6.45) is 1.56. The number of halogens is 1. The maximum absolute atomic E-state index is 13.3. The van der Waals surface area contributed by atoms with Gasteiger partial charge in [-0.15, -0.1) is 0 Å². The summed E-state index contributed by atoms with van der Waals surface area (Å²) in [5.41, 5.74) is 0. The van der Waals surface area contributed by atoms with Crippen LogP contribution in [0.15, 0.2) is 29.3 Å². The predicted molar refractivity (Wildman–Crippen MR) is 102 cm³/mol. The molecular formula is C19H32FN3O3. The molecule has 0 aromatic heterocycles. The van der Waals surface area contributed by atoms with Crippen LogP contribution in [0.4, 0.5) is 4.39 Å². The summed E-state index contributed by atoms with van der Waals surface area (Å²) in [7, 11) is 1.66. The van der Waals surface area contributed by atoms with E-state index in [-0.39, 0.29) is 11.9 Å². The molecule has 6 nitrogen and oxygen atoms in total. The molecule has 0 spiro atoms. The van der Waals surface area contributed by atoms with Crippen LogP contribution in [-0.2, 0) is 9.47 Å². The van der Waals surface area contributed by atoms with Gasteiger partial charge in [-0.1, -0.05) is 13.0 Å². The zero-order valence-electron chi connectivity index (χ0n) is 16.1. The molecule has 1 aromatic rings. The zero-order chi connectivity index (χ0) is 19.0. The summed E-state index contributed by atoms with van der Waals surface area (Å²) in [4.78, 5) is 4.57. The van der Waals surface area contributed by atoms with E-state index in [9.17, 15) is 4.39 Å². The highest BCUT2D eigenvalue weighted by Gasteiger charge is 2.09. The Morgan fingerprint density at radius 1 is 1.19 bits per heavy atom. The molecule has 1 aromatic carbocycles. The molecule has 0 heterocycles. The van der Waals surface area contributed by atoms with Gasteiger partial charge in [-0.2, -0.15) is 0 Å². The second-order valence-corrected chi connectivity index (χ2v) is 5.71. The van der Waals surface area contributed by atoms with Crippen molar-refractivity contribution in [1.29, 1.82) is 0 Å². The van der Waals surface area contributed by atoms with Crippen molar-refractivity contribution in [3.05, 3.63) is 30.1 Å². The lowest BCUT2D eigenvalue weighted by molar-refractivity contribution is 0.0698. The van der Waals surface area contributed by atoms with Crippen LogP contribution in [0.25, 0.3) is 0 Å². The number of rotatable bonds is 13. The lowest BCUT2D eigenvalue weighted by atomic mass is 10.2. The summed E-state index contributed by atoms with van der Waals surface area (Å²) in [5, 5.41) is 6.48. The Bertz CT molecular complexity index is 515. The highest BCUT2D eigenvalue weighted by molar-refractivity contribution is 5.79. The van der Waals surface area contributed by atoms with E-state index in [0.717, 1.165) is 31.9 Å². The molecule has 0 saturated heterocycles. The van der Waals surface area contributed by atoms with Crippen molar-refractivity contribution in [1.82, 2.24) is 10.6 Å². The Labute approximate surface area is 156 Å². The molecule has 0 aliphatic rings. The molecule has 148 valence electrons. The Morgan fingerprint density at radius 3 is 2.73 bits per heavy atom. The molecule has 0 radical (unpaired) electrons. The van der Waals surface area contributed by atoms with E-state index in [1.165, 1.54) is 12.1 Å². The van der Waals surface area contributed by atoms with Crippen molar-refractivity contribution >= 4 is 5.96 Å². The van der Waals surface area contributed by atoms with Gasteiger partial charge >= 0.3 is 0 Å². The average molecular weight is 369 g/mol. The van der Waals surface area contributed by atoms with E-state index in [4.69, 9.17) is 14.2 Å². The van der Waals surface area contributed by atoms with Gasteiger partial charge in [0.05, 0.1) is 19.8 Å². The first-order chi connectivity index (χ1) is 12.7. The van der Waals surface area contributed by atoms with Crippen LogP contribution in [0, 0.1) is 5.82 Å². The van der Waals surface area contributed by atoms with E-state index in [0.29, 0.717) is 32.1 Å². The molecule has 0 fully saturated rings. The normalized spacial score (nSPS) is 12.7.